The largest absolute Gasteiger partial charge is 0.383 e. The molecule has 0 spiro atoms. The Kier molecular flexibility index (Phi) is 7.36. The maximum atomic E-state index is 12.4. The minimum absolute atomic E-state index is 0.0669. The zero-order valence-electron chi connectivity index (χ0n) is 14.3. The molecule has 0 unspecified atom stereocenters. The third-order valence-electron chi connectivity index (χ3n) is 3.34. The van der Waals surface area contributed by atoms with Crippen molar-refractivity contribution in [2.45, 2.75) is 13.5 Å². The standard InChI is InChI=1S/C17H22N4O3S/c1-13-10-18-16(25-13)20-15(22)12-21(8-9-24-2)17(23)19-11-14-6-4-3-5-7-14/h3-7,10H,8-9,11-12H2,1-2H3,(H,19,23)(H,18,20,22). The number of anilines is 1. The van der Waals surface area contributed by atoms with Gasteiger partial charge in [0.2, 0.25) is 5.91 Å². The molecule has 0 bridgehead atoms. The number of carbonyl (C=O) groups excluding carboxylic acids is 2. The number of nitrogens with one attached hydrogen (secondary N) is 2. The van der Waals surface area contributed by atoms with E-state index in [9.17, 15) is 9.59 Å². The fraction of sp³-hybridized carbons (Fsp3) is 0.353. The van der Waals surface area contributed by atoms with Crippen LogP contribution in [-0.4, -0.2) is 48.6 Å². The maximum Gasteiger partial charge on any atom is 0.318 e. The molecule has 3 amide bonds. The highest BCUT2D eigenvalue weighted by Gasteiger charge is 2.17. The zero-order chi connectivity index (χ0) is 18.1. The van der Waals surface area contributed by atoms with Gasteiger partial charge < -0.3 is 20.3 Å². The molecule has 134 valence electrons. The number of amides is 3. The van der Waals surface area contributed by atoms with E-state index in [4.69, 9.17) is 4.74 Å². The van der Waals surface area contributed by atoms with Gasteiger partial charge in [-0.15, -0.1) is 11.3 Å². The Hall–Kier alpha value is -2.45. The van der Waals surface area contributed by atoms with Gasteiger partial charge in [-0.25, -0.2) is 9.78 Å². The van der Waals surface area contributed by atoms with Crippen LogP contribution in [0.3, 0.4) is 0 Å². The van der Waals surface area contributed by atoms with E-state index in [0.29, 0.717) is 24.8 Å². The SMILES string of the molecule is COCCN(CC(=O)Nc1ncc(C)s1)C(=O)NCc1ccccc1. The molecular formula is C17H22N4O3S. The number of hydrogen-bond donors (Lipinski definition) is 2. The molecule has 2 aromatic rings. The third-order valence-corrected chi connectivity index (χ3v) is 4.17. The van der Waals surface area contributed by atoms with Crippen molar-refractivity contribution >= 4 is 28.4 Å². The van der Waals surface area contributed by atoms with Crippen molar-refractivity contribution in [1.82, 2.24) is 15.2 Å². The molecule has 8 heteroatoms. The minimum atomic E-state index is -0.314. The summed E-state index contributed by atoms with van der Waals surface area (Å²) in [5, 5.41) is 6.05. The highest BCUT2D eigenvalue weighted by Crippen LogP contribution is 2.16. The first-order chi connectivity index (χ1) is 12.1. The highest BCUT2D eigenvalue weighted by atomic mass is 32.1. The van der Waals surface area contributed by atoms with E-state index in [-0.39, 0.29) is 18.5 Å². The van der Waals surface area contributed by atoms with Gasteiger partial charge in [0.25, 0.3) is 0 Å². The van der Waals surface area contributed by atoms with Crippen molar-refractivity contribution < 1.29 is 14.3 Å². The Labute approximate surface area is 151 Å². The molecule has 1 heterocycles. The predicted molar refractivity (Wildman–Crippen MR) is 97.6 cm³/mol. The minimum Gasteiger partial charge on any atom is -0.383 e. The van der Waals surface area contributed by atoms with Crippen molar-refractivity contribution in [1.29, 1.82) is 0 Å². The van der Waals surface area contributed by atoms with Gasteiger partial charge in [0.05, 0.1) is 6.61 Å². The van der Waals surface area contributed by atoms with Crippen LogP contribution in [0.5, 0.6) is 0 Å². The summed E-state index contributed by atoms with van der Waals surface area (Å²) in [6, 6.07) is 9.28. The molecule has 0 saturated heterocycles. The van der Waals surface area contributed by atoms with E-state index in [1.54, 1.807) is 13.3 Å². The Morgan fingerprint density at radius 2 is 2.04 bits per heavy atom. The van der Waals surface area contributed by atoms with Gasteiger partial charge in [-0.2, -0.15) is 0 Å². The first-order valence-corrected chi connectivity index (χ1v) is 8.68. The van der Waals surface area contributed by atoms with Crippen LogP contribution in [0.15, 0.2) is 36.5 Å². The fourth-order valence-electron chi connectivity index (χ4n) is 2.08. The number of ether oxygens (including phenoxy) is 1. The van der Waals surface area contributed by atoms with Crippen molar-refractivity contribution in [3.63, 3.8) is 0 Å². The molecule has 1 aromatic carbocycles. The van der Waals surface area contributed by atoms with Crippen LogP contribution < -0.4 is 10.6 Å². The quantitative estimate of drug-likeness (QED) is 0.754. The van der Waals surface area contributed by atoms with E-state index in [0.717, 1.165) is 10.4 Å². The van der Waals surface area contributed by atoms with Crippen LogP contribution in [0.2, 0.25) is 0 Å². The lowest BCUT2D eigenvalue weighted by Crippen LogP contribution is -2.45. The van der Waals surface area contributed by atoms with E-state index < -0.39 is 0 Å². The van der Waals surface area contributed by atoms with Gasteiger partial charge >= 0.3 is 6.03 Å². The molecule has 0 aliphatic carbocycles. The first-order valence-electron chi connectivity index (χ1n) is 7.86. The number of urea groups is 1. The molecule has 0 fully saturated rings. The van der Waals surface area contributed by atoms with Crippen LogP contribution in [0.4, 0.5) is 9.93 Å². The average Bonchev–Trinajstić information content (AvgIpc) is 3.02. The topological polar surface area (TPSA) is 83.6 Å². The van der Waals surface area contributed by atoms with Gasteiger partial charge in [0.1, 0.15) is 6.54 Å². The molecule has 0 radical (unpaired) electrons. The smallest absolute Gasteiger partial charge is 0.318 e. The molecule has 2 rings (SSSR count). The second-order valence-electron chi connectivity index (χ2n) is 5.38. The first kappa shape index (κ1) is 18.9. The fourth-order valence-corrected chi connectivity index (χ4v) is 2.76. The monoisotopic (exact) mass is 362 g/mol. The third kappa shape index (κ3) is 6.52. The number of nitrogens with zero attached hydrogens (tertiary/aromatic N) is 2. The summed E-state index contributed by atoms with van der Waals surface area (Å²) >= 11 is 1.39. The number of thiazole rings is 1. The number of hydrogen-bond acceptors (Lipinski definition) is 5. The van der Waals surface area contributed by atoms with E-state index in [1.807, 2.05) is 37.3 Å². The Morgan fingerprint density at radius 3 is 2.68 bits per heavy atom. The summed E-state index contributed by atoms with van der Waals surface area (Å²) in [4.78, 5) is 31.1. The van der Waals surface area contributed by atoms with Gasteiger partial charge in [-0.05, 0) is 12.5 Å². The maximum absolute atomic E-state index is 12.4. The lowest BCUT2D eigenvalue weighted by Gasteiger charge is -2.22. The van der Waals surface area contributed by atoms with Gasteiger partial charge in [-0.1, -0.05) is 30.3 Å². The lowest BCUT2D eigenvalue weighted by molar-refractivity contribution is -0.116. The Balaban J connectivity index is 1.89. The highest BCUT2D eigenvalue weighted by molar-refractivity contribution is 7.15. The molecule has 25 heavy (non-hydrogen) atoms. The molecular weight excluding hydrogens is 340 g/mol. The van der Waals surface area contributed by atoms with Crippen LogP contribution >= 0.6 is 11.3 Å². The molecule has 0 saturated carbocycles. The van der Waals surface area contributed by atoms with Crippen molar-refractivity contribution in [3.8, 4) is 0 Å². The van der Waals surface area contributed by atoms with Crippen molar-refractivity contribution in [2.24, 2.45) is 0 Å². The number of benzene rings is 1. The van der Waals surface area contributed by atoms with Crippen LogP contribution in [0.1, 0.15) is 10.4 Å². The predicted octanol–water partition coefficient (Wildman–Crippen LogP) is 2.25. The molecule has 0 aliphatic rings. The normalized spacial score (nSPS) is 10.3. The second kappa shape index (κ2) is 9.75. The molecule has 7 nitrogen and oxygen atoms in total. The Morgan fingerprint density at radius 1 is 1.28 bits per heavy atom. The van der Waals surface area contributed by atoms with Crippen LogP contribution in [-0.2, 0) is 16.1 Å². The number of methoxy groups -OCH3 is 1. The van der Waals surface area contributed by atoms with Crippen molar-refractivity contribution in [3.05, 3.63) is 47.0 Å². The molecule has 2 N–H and O–H groups in total. The summed E-state index contributed by atoms with van der Waals surface area (Å²) < 4.78 is 5.02. The number of carbonyl (C=O) groups is 2. The summed E-state index contributed by atoms with van der Waals surface area (Å²) in [5.41, 5.74) is 0.991. The van der Waals surface area contributed by atoms with E-state index >= 15 is 0 Å². The van der Waals surface area contributed by atoms with E-state index in [2.05, 4.69) is 15.6 Å². The van der Waals surface area contributed by atoms with Gasteiger partial charge in [0, 0.05) is 31.3 Å². The van der Waals surface area contributed by atoms with Gasteiger partial charge in [-0.3, -0.25) is 4.79 Å². The number of rotatable bonds is 8. The lowest BCUT2D eigenvalue weighted by atomic mass is 10.2. The molecule has 0 atom stereocenters. The molecule has 0 aliphatic heterocycles. The molecule has 1 aromatic heterocycles. The van der Waals surface area contributed by atoms with Crippen molar-refractivity contribution in [2.75, 3.05) is 32.1 Å². The van der Waals surface area contributed by atoms with Crippen LogP contribution in [0.25, 0.3) is 0 Å². The summed E-state index contributed by atoms with van der Waals surface area (Å²) in [6.45, 7) is 2.91. The zero-order valence-corrected chi connectivity index (χ0v) is 15.1. The Bertz CT molecular complexity index is 690. The summed E-state index contributed by atoms with van der Waals surface area (Å²) in [5.74, 6) is -0.291. The van der Waals surface area contributed by atoms with E-state index in [1.165, 1.54) is 16.2 Å². The van der Waals surface area contributed by atoms with Gasteiger partial charge in [0.15, 0.2) is 5.13 Å². The summed E-state index contributed by atoms with van der Waals surface area (Å²) in [6.07, 6.45) is 1.69. The second-order valence-corrected chi connectivity index (χ2v) is 6.62. The summed E-state index contributed by atoms with van der Waals surface area (Å²) in [7, 11) is 1.55. The van der Waals surface area contributed by atoms with Crippen LogP contribution in [0, 0.1) is 6.92 Å². The number of aromatic nitrogens is 1. The average molecular weight is 362 g/mol. The number of aryl methyl sites for hydroxylation is 1.